The number of nitrogens with one attached hydrogen (secondary N) is 1. The Labute approximate surface area is 215 Å². The van der Waals surface area contributed by atoms with Crippen molar-refractivity contribution in [3.8, 4) is 0 Å². The first-order valence-corrected chi connectivity index (χ1v) is 13.9. The second-order valence-corrected chi connectivity index (χ2v) is 12.0. The fourth-order valence-corrected chi connectivity index (χ4v) is 6.39. The molecule has 1 unspecified atom stereocenters. The summed E-state index contributed by atoms with van der Waals surface area (Å²) >= 11 is 1.22. The third-order valence-corrected chi connectivity index (χ3v) is 8.91. The number of rotatable bonds is 7. The molecule has 4 atom stereocenters. The molecule has 1 aromatic rings. The summed E-state index contributed by atoms with van der Waals surface area (Å²) in [5.41, 5.74) is 6.28. The number of hydrogen-bond acceptors (Lipinski definition) is 7. The SMILES string of the molecule is CC1CCC([C@H](N)C(=O)Nc2ncc(C(CN3C[C@H](C)OC[C@@H]3C)N3CC(F)(F)CCC3=O)s2)CC1. The number of morpholine rings is 1. The van der Waals surface area contributed by atoms with E-state index in [-0.39, 0.29) is 36.3 Å². The van der Waals surface area contributed by atoms with Gasteiger partial charge in [0.15, 0.2) is 5.13 Å². The van der Waals surface area contributed by atoms with Gasteiger partial charge in [0.05, 0.1) is 36.2 Å². The Kier molecular flexibility index (Phi) is 8.63. The van der Waals surface area contributed by atoms with Crippen LogP contribution in [0.25, 0.3) is 0 Å². The van der Waals surface area contributed by atoms with Gasteiger partial charge in [-0.25, -0.2) is 13.8 Å². The van der Waals surface area contributed by atoms with Crippen molar-refractivity contribution < 1.29 is 23.1 Å². The van der Waals surface area contributed by atoms with E-state index in [2.05, 4.69) is 22.1 Å². The first-order valence-electron chi connectivity index (χ1n) is 13.1. The highest BCUT2D eigenvalue weighted by Gasteiger charge is 2.43. The number of nitrogens with zero attached hydrogens (tertiary/aromatic N) is 3. The summed E-state index contributed by atoms with van der Waals surface area (Å²) < 4.78 is 34.5. The molecule has 3 heterocycles. The van der Waals surface area contributed by atoms with Gasteiger partial charge >= 0.3 is 0 Å². The molecular formula is C25H39F2N5O3S. The normalized spacial score (nSPS) is 31.2. The van der Waals surface area contributed by atoms with Crippen LogP contribution in [0.4, 0.5) is 13.9 Å². The Bertz CT molecular complexity index is 923. The Balaban J connectivity index is 1.50. The molecule has 0 aromatic carbocycles. The minimum Gasteiger partial charge on any atom is -0.376 e. The molecule has 0 spiro atoms. The van der Waals surface area contributed by atoms with Crippen molar-refractivity contribution in [2.24, 2.45) is 17.6 Å². The van der Waals surface area contributed by atoms with Crippen LogP contribution in [-0.2, 0) is 14.3 Å². The highest BCUT2D eigenvalue weighted by atomic mass is 32.1. The van der Waals surface area contributed by atoms with Crippen LogP contribution >= 0.6 is 11.3 Å². The molecular weight excluding hydrogens is 488 g/mol. The zero-order valence-electron chi connectivity index (χ0n) is 21.4. The maximum atomic E-state index is 14.4. The van der Waals surface area contributed by atoms with Gasteiger partial charge in [0.1, 0.15) is 0 Å². The van der Waals surface area contributed by atoms with Crippen molar-refractivity contribution in [1.82, 2.24) is 14.8 Å². The lowest BCUT2D eigenvalue weighted by atomic mass is 9.79. The van der Waals surface area contributed by atoms with Gasteiger partial charge < -0.3 is 20.7 Å². The number of carbonyl (C=O) groups is 2. The Hall–Kier alpha value is -1.69. The molecule has 1 aliphatic carbocycles. The lowest BCUT2D eigenvalue weighted by molar-refractivity contribution is -0.153. The van der Waals surface area contributed by atoms with Crippen molar-refractivity contribution >= 4 is 28.3 Å². The van der Waals surface area contributed by atoms with Crippen molar-refractivity contribution in [3.05, 3.63) is 11.1 Å². The minimum absolute atomic E-state index is 0.0147. The monoisotopic (exact) mass is 527 g/mol. The zero-order valence-corrected chi connectivity index (χ0v) is 22.2. The van der Waals surface area contributed by atoms with E-state index < -0.39 is 31.0 Å². The lowest BCUT2D eigenvalue weighted by Gasteiger charge is -2.43. The molecule has 36 heavy (non-hydrogen) atoms. The van der Waals surface area contributed by atoms with E-state index in [4.69, 9.17) is 10.5 Å². The molecule has 1 aromatic heterocycles. The predicted octanol–water partition coefficient (Wildman–Crippen LogP) is 3.64. The molecule has 2 amide bonds. The highest BCUT2D eigenvalue weighted by Crippen LogP contribution is 2.37. The highest BCUT2D eigenvalue weighted by molar-refractivity contribution is 7.15. The average Bonchev–Trinajstić information content (AvgIpc) is 3.29. The number of ether oxygens (including phenoxy) is 1. The molecule has 2 aliphatic heterocycles. The maximum absolute atomic E-state index is 14.4. The van der Waals surface area contributed by atoms with Crippen LogP contribution in [0.2, 0.25) is 0 Å². The van der Waals surface area contributed by atoms with Crippen molar-refractivity contribution in [1.29, 1.82) is 0 Å². The van der Waals surface area contributed by atoms with Gasteiger partial charge in [-0.1, -0.05) is 31.1 Å². The van der Waals surface area contributed by atoms with Gasteiger partial charge in [0.25, 0.3) is 5.92 Å². The van der Waals surface area contributed by atoms with Crippen LogP contribution in [0.5, 0.6) is 0 Å². The number of anilines is 1. The summed E-state index contributed by atoms with van der Waals surface area (Å²) in [5, 5.41) is 3.21. The third-order valence-electron chi connectivity index (χ3n) is 7.90. The molecule has 11 heteroatoms. The summed E-state index contributed by atoms with van der Waals surface area (Å²) in [6.45, 7) is 7.19. The standard InChI is InChI=1S/C25H39F2N5O3S/c1-15-4-6-18(7-5-15)22(28)23(34)30-24-29-10-20(36-24)19(12-31-11-17(3)35-13-16(31)2)32-14-25(26,27)9-8-21(32)33/h10,15-19,22H,4-9,11-14,28H2,1-3H3,(H,29,30,34)/t15?,16-,17-,18?,19?,22-/m0/s1. The van der Waals surface area contributed by atoms with Crippen molar-refractivity contribution in [2.75, 3.05) is 31.6 Å². The second-order valence-electron chi connectivity index (χ2n) is 10.9. The van der Waals surface area contributed by atoms with Crippen LogP contribution < -0.4 is 11.1 Å². The maximum Gasteiger partial charge on any atom is 0.265 e. The number of aromatic nitrogens is 1. The Morgan fingerprint density at radius 3 is 2.75 bits per heavy atom. The quantitative estimate of drug-likeness (QED) is 0.562. The first-order chi connectivity index (χ1) is 17.0. The van der Waals surface area contributed by atoms with Gasteiger partial charge in [-0.05, 0) is 38.5 Å². The topological polar surface area (TPSA) is 101 Å². The summed E-state index contributed by atoms with van der Waals surface area (Å²) in [6.07, 6.45) is 5.00. The van der Waals surface area contributed by atoms with Crippen molar-refractivity contribution in [3.63, 3.8) is 0 Å². The molecule has 1 saturated carbocycles. The molecule has 3 fully saturated rings. The Morgan fingerprint density at radius 1 is 1.31 bits per heavy atom. The van der Waals surface area contributed by atoms with E-state index in [1.807, 2.05) is 13.8 Å². The first kappa shape index (κ1) is 27.3. The molecule has 202 valence electrons. The minimum atomic E-state index is -2.93. The molecule has 8 nitrogen and oxygen atoms in total. The van der Waals surface area contributed by atoms with Crippen LogP contribution in [0.3, 0.4) is 0 Å². The third kappa shape index (κ3) is 6.59. The van der Waals surface area contributed by atoms with E-state index in [1.165, 1.54) is 16.2 Å². The number of likely N-dealkylation sites (tertiary alicyclic amines) is 1. The number of halogens is 2. The largest absolute Gasteiger partial charge is 0.376 e. The van der Waals surface area contributed by atoms with Crippen LogP contribution in [0, 0.1) is 11.8 Å². The molecule has 3 aliphatic rings. The number of thiazole rings is 1. The second kappa shape index (κ2) is 11.4. The van der Waals surface area contributed by atoms with E-state index in [0.29, 0.717) is 35.6 Å². The Morgan fingerprint density at radius 2 is 2.03 bits per heavy atom. The van der Waals surface area contributed by atoms with Crippen LogP contribution in [-0.4, -0.2) is 76.9 Å². The fraction of sp³-hybridized carbons (Fsp3) is 0.800. The number of hydrogen-bond donors (Lipinski definition) is 2. The molecule has 4 rings (SSSR count). The fourth-order valence-electron chi connectivity index (χ4n) is 5.47. The van der Waals surface area contributed by atoms with Gasteiger partial charge in [-0.15, -0.1) is 0 Å². The van der Waals surface area contributed by atoms with E-state index in [0.717, 1.165) is 25.7 Å². The van der Waals surface area contributed by atoms with Crippen molar-refractivity contribution in [2.45, 2.75) is 89.4 Å². The summed E-state index contributed by atoms with van der Waals surface area (Å²) in [6, 6.07) is -1.11. The number of amides is 2. The van der Waals surface area contributed by atoms with Gasteiger partial charge in [-0.3, -0.25) is 14.5 Å². The lowest BCUT2D eigenvalue weighted by Crippen LogP contribution is -2.54. The van der Waals surface area contributed by atoms with E-state index >= 15 is 0 Å². The smallest absolute Gasteiger partial charge is 0.265 e. The van der Waals surface area contributed by atoms with E-state index in [1.54, 1.807) is 6.20 Å². The van der Waals surface area contributed by atoms with Gasteiger partial charge in [-0.2, -0.15) is 0 Å². The predicted molar refractivity (Wildman–Crippen MR) is 135 cm³/mol. The number of carbonyl (C=O) groups excluding carboxylic acids is 2. The molecule has 0 bridgehead atoms. The summed E-state index contributed by atoms with van der Waals surface area (Å²) in [4.78, 5) is 34.2. The average molecular weight is 528 g/mol. The zero-order chi connectivity index (χ0) is 26.0. The van der Waals surface area contributed by atoms with E-state index in [9.17, 15) is 18.4 Å². The van der Waals surface area contributed by atoms with Gasteiger partial charge in [0.2, 0.25) is 11.8 Å². The summed E-state index contributed by atoms with van der Waals surface area (Å²) in [5.74, 6) is -2.68. The number of piperidine rings is 1. The molecule has 3 N–H and O–H groups in total. The molecule has 2 saturated heterocycles. The number of alkyl halides is 2. The van der Waals surface area contributed by atoms with Crippen LogP contribution in [0.1, 0.15) is 70.2 Å². The van der Waals surface area contributed by atoms with Crippen LogP contribution in [0.15, 0.2) is 6.20 Å². The molecule has 0 radical (unpaired) electrons. The van der Waals surface area contributed by atoms with Gasteiger partial charge in [0, 0.05) is 38.2 Å². The summed E-state index contributed by atoms with van der Waals surface area (Å²) in [7, 11) is 0. The number of nitrogens with two attached hydrogens (primary N) is 1.